The maximum atomic E-state index is 10.1. The van der Waals surface area contributed by atoms with Crippen LogP contribution in [0.15, 0.2) is 0 Å². The van der Waals surface area contributed by atoms with Gasteiger partial charge in [0.15, 0.2) is 0 Å². The molecule has 0 aliphatic carbocycles. The number of halogens is 1. The van der Waals surface area contributed by atoms with Crippen molar-refractivity contribution in [2.45, 2.75) is 12.8 Å². The molecular weight excluding hydrogens is 200 g/mol. The Hall–Kier alpha value is -0.133. The normalized spacial score (nSPS) is 15.4. The Labute approximate surface area is 87.6 Å². The Kier molecular flexibility index (Phi) is 7.48. The molecule has 9 heteroatoms. The average Bonchev–Trinajstić information content (AvgIpc) is 2.09. The summed E-state index contributed by atoms with van der Waals surface area (Å²) < 4.78 is 34.0. The number of imide groups is 1. The quantitative estimate of drug-likeness (QED) is 0.308. The molecule has 1 heterocycles. The molecule has 0 aromatic rings. The summed E-state index contributed by atoms with van der Waals surface area (Å²) in [6.45, 7) is 0. The van der Waals surface area contributed by atoms with Crippen LogP contribution in [0, 0.1) is 10.2 Å². The molecular formula is C4H5ClLiNO6. The van der Waals surface area contributed by atoms with E-state index in [9.17, 15) is 9.59 Å². The van der Waals surface area contributed by atoms with E-state index in [0.717, 1.165) is 0 Å². The van der Waals surface area contributed by atoms with E-state index < -0.39 is 10.2 Å². The molecule has 0 radical (unpaired) electrons. The minimum Gasteiger partial charge on any atom is -0.296 e. The van der Waals surface area contributed by atoms with E-state index in [1.165, 1.54) is 0 Å². The summed E-state index contributed by atoms with van der Waals surface area (Å²) >= 11 is 0. The van der Waals surface area contributed by atoms with E-state index in [1.54, 1.807) is 0 Å². The predicted octanol–water partition coefficient (Wildman–Crippen LogP) is -8.33. The van der Waals surface area contributed by atoms with Crippen molar-refractivity contribution in [2.75, 3.05) is 0 Å². The summed E-state index contributed by atoms with van der Waals surface area (Å²) in [5, 5.41) is 2.14. The molecule has 7 nitrogen and oxygen atoms in total. The van der Waals surface area contributed by atoms with Gasteiger partial charge >= 0.3 is 18.9 Å². The fourth-order valence-electron chi connectivity index (χ4n) is 0.508. The summed E-state index contributed by atoms with van der Waals surface area (Å²) in [6.07, 6.45) is 0.748. The van der Waals surface area contributed by atoms with Gasteiger partial charge < -0.3 is 0 Å². The fourth-order valence-corrected chi connectivity index (χ4v) is 0.508. The van der Waals surface area contributed by atoms with Crippen molar-refractivity contribution in [3.63, 3.8) is 0 Å². The molecule has 1 N–H and O–H groups in total. The van der Waals surface area contributed by atoms with Crippen LogP contribution in [0.2, 0.25) is 0 Å². The molecule has 0 spiro atoms. The predicted molar refractivity (Wildman–Crippen MR) is 22.4 cm³/mol. The minimum atomic E-state index is -4.94. The van der Waals surface area contributed by atoms with Crippen molar-refractivity contribution in [3.05, 3.63) is 0 Å². The first-order valence-electron chi connectivity index (χ1n) is 2.73. The van der Waals surface area contributed by atoms with Crippen LogP contribution in [-0.4, -0.2) is 11.8 Å². The van der Waals surface area contributed by atoms with Crippen molar-refractivity contribution in [3.8, 4) is 0 Å². The average molecular weight is 205 g/mol. The van der Waals surface area contributed by atoms with Crippen molar-refractivity contribution in [2.24, 2.45) is 0 Å². The van der Waals surface area contributed by atoms with Gasteiger partial charge in [-0.1, -0.05) is 0 Å². The Morgan fingerprint density at radius 3 is 1.31 bits per heavy atom. The number of carbonyl (C=O) groups excluding carboxylic acids is 2. The second-order valence-electron chi connectivity index (χ2n) is 1.85. The van der Waals surface area contributed by atoms with Gasteiger partial charge in [-0.3, -0.25) is 14.9 Å². The summed E-state index contributed by atoms with van der Waals surface area (Å²) in [4.78, 5) is 20.2. The third kappa shape index (κ3) is 14.7. The minimum absolute atomic E-state index is 0. The molecule has 1 fully saturated rings. The Morgan fingerprint density at radius 2 is 1.23 bits per heavy atom. The van der Waals surface area contributed by atoms with Crippen LogP contribution >= 0.6 is 0 Å². The van der Waals surface area contributed by atoms with Gasteiger partial charge in [0.1, 0.15) is 0 Å². The second-order valence-corrected chi connectivity index (χ2v) is 2.61. The molecule has 0 saturated carbocycles. The first-order valence-corrected chi connectivity index (χ1v) is 3.97. The molecule has 0 aromatic heterocycles. The Bertz CT molecular complexity index is 172. The Morgan fingerprint density at radius 1 is 1.00 bits per heavy atom. The first kappa shape index (κ1) is 15.3. The number of amides is 2. The van der Waals surface area contributed by atoms with E-state index in [1.807, 2.05) is 0 Å². The van der Waals surface area contributed by atoms with Crippen LogP contribution in [0.5, 0.6) is 0 Å². The van der Waals surface area contributed by atoms with Gasteiger partial charge in [0.2, 0.25) is 11.8 Å². The second kappa shape index (κ2) is 6.34. The van der Waals surface area contributed by atoms with Crippen molar-refractivity contribution in [1.82, 2.24) is 5.32 Å². The van der Waals surface area contributed by atoms with Crippen LogP contribution in [0.1, 0.15) is 12.8 Å². The zero-order valence-corrected chi connectivity index (χ0v) is 7.50. The molecule has 0 bridgehead atoms. The van der Waals surface area contributed by atoms with E-state index in [4.69, 9.17) is 18.6 Å². The number of nitrogens with one attached hydrogen (secondary N) is 1. The first-order chi connectivity index (χ1) is 5.29. The van der Waals surface area contributed by atoms with Crippen molar-refractivity contribution >= 4 is 11.8 Å². The maximum Gasteiger partial charge on any atom is 1.00 e. The third-order valence-corrected chi connectivity index (χ3v) is 0.858. The number of hydrogen-bond donors (Lipinski definition) is 1. The summed E-state index contributed by atoms with van der Waals surface area (Å²) in [5.74, 6) is -0.296. The standard InChI is InChI=1S/C4H5NO2.ClHO4.Li/c6-3-1-2-4(7)5-3;2-1(3,4)5;/h1-2H2,(H,5,6,7);(H,2,3,4,5);/q;;+1/p-1. The van der Waals surface area contributed by atoms with Crippen LogP contribution in [0.25, 0.3) is 0 Å². The van der Waals surface area contributed by atoms with Gasteiger partial charge in [0, 0.05) is 12.8 Å². The molecule has 1 aliphatic heterocycles. The van der Waals surface area contributed by atoms with Gasteiger partial charge in [-0.15, -0.1) is 10.2 Å². The molecule has 0 atom stereocenters. The van der Waals surface area contributed by atoms with Gasteiger partial charge in [-0.25, -0.2) is 18.6 Å². The van der Waals surface area contributed by atoms with Crippen LogP contribution in [0.3, 0.4) is 0 Å². The summed E-state index contributed by atoms with van der Waals surface area (Å²) in [5.41, 5.74) is 0. The largest absolute Gasteiger partial charge is 1.00 e. The van der Waals surface area contributed by atoms with E-state index >= 15 is 0 Å². The molecule has 70 valence electrons. The zero-order chi connectivity index (χ0) is 9.78. The molecule has 0 unspecified atom stereocenters. The van der Waals surface area contributed by atoms with E-state index in [2.05, 4.69) is 5.32 Å². The van der Waals surface area contributed by atoms with Crippen LogP contribution in [0.4, 0.5) is 0 Å². The molecule has 1 saturated heterocycles. The van der Waals surface area contributed by atoms with Gasteiger partial charge in [0.05, 0.1) is 0 Å². The van der Waals surface area contributed by atoms with Crippen LogP contribution < -0.4 is 42.8 Å². The summed E-state index contributed by atoms with van der Waals surface area (Å²) in [6, 6.07) is 0. The molecule has 13 heavy (non-hydrogen) atoms. The maximum absolute atomic E-state index is 10.1. The molecule has 2 amide bonds. The molecule has 1 rings (SSSR count). The van der Waals surface area contributed by atoms with Gasteiger partial charge in [-0.05, 0) is 0 Å². The fraction of sp³-hybridized carbons (Fsp3) is 0.500. The zero-order valence-electron chi connectivity index (χ0n) is 6.74. The number of rotatable bonds is 0. The summed E-state index contributed by atoms with van der Waals surface area (Å²) in [7, 11) is -4.94. The van der Waals surface area contributed by atoms with Crippen molar-refractivity contribution < 1.29 is 57.3 Å². The van der Waals surface area contributed by atoms with Crippen molar-refractivity contribution in [1.29, 1.82) is 0 Å². The molecule has 1 aliphatic rings. The Balaban J connectivity index is 0. The third-order valence-electron chi connectivity index (χ3n) is 0.858. The van der Waals surface area contributed by atoms with E-state index in [0.29, 0.717) is 12.8 Å². The van der Waals surface area contributed by atoms with E-state index in [-0.39, 0.29) is 30.7 Å². The van der Waals surface area contributed by atoms with Crippen LogP contribution in [-0.2, 0) is 9.59 Å². The number of carbonyl (C=O) groups is 2. The monoisotopic (exact) mass is 205 g/mol. The van der Waals surface area contributed by atoms with Gasteiger partial charge in [-0.2, -0.15) is 0 Å². The topological polar surface area (TPSA) is 138 Å². The SMILES string of the molecule is O=C1CCC(=O)N1.[Li+].[O-][Cl+3]([O-])([O-])[O-]. The van der Waals surface area contributed by atoms with Gasteiger partial charge in [0.25, 0.3) is 0 Å². The smallest absolute Gasteiger partial charge is 0.296 e. The number of hydrogen-bond acceptors (Lipinski definition) is 6. The molecule has 0 aromatic carbocycles.